The van der Waals surface area contributed by atoms with E-state index in [0.717, 1.165) is 29.5 Å². The zero-order chi connectivity index (χ0) is 19.0. The number of carbonyl (C=O) groups is 1. The number of nitrogens with zero attached hydrogens (tertiary/aromatic N) is 2. The molecule has 27 heavy (non-hydrogen) atoms. The molecule has 2 aromatic rings. The highest BCUT2D eigenvalue weighted by molar-refractivity contribution is 9.10. The molecular weight excluding hydrogens is 431 g/mol. The molecule has 1 amide bonds. The maximum absolute atomic E-state index is 14.8. The Labute approximate surface area is 169 Å². The number of halogens is 2. The first-order valence-electron chi connectivity index (χ1n) is 8.69. The first kappa shape index (κ1) is 18.4. The number of fused-ring (bicyclic) bond motifs is 1. The van der Waals surface area contributed by atoms with Gasteiger partial charge in [0.25, 0.3) is 5.91 Å². The van der Waals surface area contributed by atoms with E-state index in [0.29, 0.717) is 16.4 Å². The third-order valence-corrected chi connectivity index (χ3v) is 6.60. The van der Waals surface area contributed by atoms with Gasteiger partial charge in [-0.1, -0.05) is 18.2 Å². The number of thioether (sulfide) groups is 1. The van der Waals surface area contributed by atoms with E-state index < -0.39 is 5.54 Å². The van der Waals surface area contributed by atoms with E-state index in [2.05, 4.69) is 31.2 Å². The Balaban J connectivity index is 1.67. The monoisotopic (exact) mass is 448 g/mol. The molecule has 1 aliphatic heterocycles. The van der Waals surface area contributed by atoms with Crippen LogP contribution in [-0.2, 0) is 5.54 Å². The summed E-state index contributed by atoms with van der Waals surface area (Å²) in [5.41, 5.74) is 6.67. The Bertz CT molecular complexity index is 920. The van der Waals surface area contributed by atoms with Crippen molar-refractivity contribution >= 4 is 44.5 Å². The molecule has 1 aliphatic carbocycles. The van der Waals surface area contributed by atoms with Crippen molar-refractivity contribution in [2.75, 3.05) is 11.1 Å². The first-order valence-corrected chi connectivity index (χ1v) is 10.5. The highest BCUT2D eigenvalue weighted by Crippen LogP contribution is 2.51. The number of benzene rings is 1. The van der Waals surface area contributed by atoms with Crippen molar-refractivity contribution in [1.29, 1.82) is 0 Å². The van der Waals surface area contributed by atoms with Crippen LogP contribution in [0.4, 0.5) is 10.1 Å². The molecule has 2 heterocycles. The molecule has 2 aliphatic rings. The van der Waals surface area contributed by atoms with Gasteiger partial charge in [0.1, 0.15) is 11.5 Å². The lowest BCUT2D eigenvalue weighted by atomic mass is 9.81. The van der Waals surface area contributed by atoms with E-state index in [4.69, 9.17) is 5.73 Å². The van der Waals surface area contributed by atoms with Gasteiger partial charge in [-0.25, -0.2) is 9.37 Å². The van der Waals surface area contributed by atoms with Crippen molar-refractivity contribution in [3.8, 4) is 0 Å². The van der Waals surface area contributed by atoms with Crippen LogP contribution in [0, 0.1) is 11.7 Å². The van der Waals surface area contributed by atoms with Crippen LogP contribution < -0.4 is 11.1 Å². The highest BCUT2D eigenvalue weighted by Gasteiger charge is 2.48. The Kier molecular flexibility index (Phi) is 4.94. The van der Waals surface area contributed by atoms with E-state index in [1.54, 1.807) is 30.5 Å². The van der Waals surface area contributed by atoms with Gasteiger partial charge in [-0.05, 0) is 65.0 Å². The number of amides is 1. The van der Waals surface area contributed by atoms with Gasteiger partial charge < -0.3 is 11.1 Å². The summed E-state index contributed by atoms with van der Waals surface area (Å²) < 4.78 is 15.6. The van der Waals surface area contributed by atoms with E-state index in [1.807, 2.05) is 0 Å². The average molecular weight is 449 g/mol. The second-order valence-electron chi connectivity index (χ2n) is 6.78. The molecule has 8 heteroatoms. The molecule has 2 unspecified atom stereocenters. The molecule has 0 spiro atoms. The van der Waals surface area contributed by atoms with E-state index in [9.17, 15) is 9.18 Å². The predicted octanol–water partition coefficient (Wildman–Crippen LogP) is 4.29. The fraction of sp³-hybridized carbons (Fsp3) is 0.316. The number of hydrogen-bond donors (Lipinski definition) is 2. The number of aromatic nitrogens is 1. The van der Waals surface area contributed by atoms with Crippen LogP contribution in [0.5, 0.6) is 0 Å². The third-order valence-electron chi connectivity index (χ3n) is 5.18. The quantitative estimate of drug-likeness (QED) is 0.733. The largest absolute Gasteiger partial charge is 0.379 e. The van der Waals surface area contributed by atoms with Crippen molar-refractivity contribution < 1.29 is 9.18 Å². The molecule has 1 fully saturated rings. The normalized spacial score (nSPS) is 24.2. The van der Waals surface area contributed by atoms with Crippen LogP contribution in [0.3, 0.4) is 0 Å². The lowest BCUT2D eigenvalue weighted by Gasteiger charge is -2.36. The summed E-state index contributed by atoms with van der Waals surface area (Å²) in [5, 5.41) is 3.30. The van der Waals surface area contributed by atoms with Crippen molar-refractivity contribution in [1.82, 2.24) is 4.98 Å². The molecule has 0 radical (unpaired) electrons. The molecule has 5 nitrogen and oxygen atoms in total. The third kappa shape index (κ3) is 3.48. The molecule has 1 saturated carbocycles. The van der Waals surface area contributed by atoms with Crippen molar-refractivity contribution in [3.63, 3.8) is 0 Å². The number of amidine groups is 1. The summed E-state index contributed by atoms with van der Waals surface area (Å²) in [5.74, 6) is 0.435. The van der Waals surface area contributed by atoms with Crippen molar-refractivity contribution in [2.45, 2.75) is 24.8 Å². The topological polar surface area (TPSA) is 80.4 Å². The molecule has 1 aromatic heterocycles. The second-order valence-corrected chi connectivity index (χ2v) is 8.74. The number of carbonyl (C=O) groups excluding carboxylic acids is 1. The smallest absolute Gasteiger partial charge is 0.274 e. The van der Waals surface area contributed by atoms with Crippen molar-refractivity contribution in [3.05, 3.63) is 58.1 Å². The first-order chi connectivity index (χ1) is 13.0. The maximum atomic E-state index is 14.8. The Morgan fingerprint density at radius 2 is 2.22 bits per heavy atom. The van der Waals surface area contributed by atoms with Gasteiger partial charge >= 0.3 is 0 Å². The highest BCUT2D eigenvalue weighted by atomic mass is 79.9. The SMILES string of the molecule is NC1=NC2(c3cc(NC(=O)c4ccc(Br)cn4)ccc3F)CCCC2CS1. The van der Waals surface area contributed by atoms with E-state index in [1.165, 1.54) is 17.8 Å². The van der Waals surface area contributed by atoms with Gasteiger partial charge in [-0.2, -0.15) is 0 Å². The number of hydrogen-bond acceptors (Lipinski definition) is 5. The number of nitrogens with one attached hydrogen (secondary N) is 1. The molecule has 140 valence electrons. The average Bonchev–Trinajstić information content (AvgIpc) is 3.07. The summed E-state index contributed by atoms with van der Waals surface area (Å²) >= 11 is 4.82. The van der Waals surface area contributed by atoms with Gasteiger partial charge in [0.2, 0.25) is 0 Å². The molecule has 4 rings (SSSR count). The minimum absolute atomic E-state index is 0.253. The Hall–Kier alpha value is -1.93. The van der Waals surface area contributed by atoms with Crippen LogP contribution in [0.15, 0.2) is 46.0 Å². The molecule has 0 saturated heterocycles. The molecular formula is C19H18BrFN4OS. The van der Waals surface area contributed by atoms with Crippen LogP contribution >= 0.6 is 27.7 Å². The Morgan fingerprint density at radius 1 is 1.37 bits per heavy atom. The molecule has 2 atom stereocenters. The minimum atomic E-state index is -0.629. The van der Waals surface area contributed by atoms with Crippen LogP contribution in [0.2, 0.25) is 0 Å². The molecule has 1 aromatic carbocycles. The van der Waals surface area contributed by atoms with Gasteiger partial charge in [-0.3, -0.25) is 9.79 Å². The van der Waals surface area contributed by atoms with Crippen LogP contribution in [-0.4, -0.2) is 21.8 Å². The van der Waals surface area contributed by atoms with Crippen LogP contribution in [0.1, 0.15) is 35.3 Å². The Morgan fingerprint density at radius 3 is 3.00 bits per heavy atom. The number of aliphatic imine (C=N–C) groups is 1. The van der Waals surface area contributed by atoms with Crippen molar-refractivity contribution in [2.24, 2.45) is 16.6 Å². The zero-order valence-electron chi connectivity index (χ0n) is 14.4. The fourth-order valence-corrected chi connectivity index (χ4v) is 5.18. The fourth-order valence-electron chi connectivity index (χ4n) is 3.90. The summed E-state index contributed by atoms with van der Waals surface area (Å²) in [6.07, 6.45) is 4.31. The standard InChI is InChI=1S/C19H18BrFN4OS/c20-12-3-6-16(23-9-12)17(26)24-13-4-5-15(21)14(8-13)19-7-1-2-11(19)10-27-18(22)25-19/h3-6,8-9,11H,1-2,7,10H2,(H2,22,25)(H,24,26). The second kappa shape index (κ2) is 7.24. The summed E-state index contributed by atoms with van der Waals surface area (Å²) in [7, 11) is 0. The lowest BCUT2D eigenvalue weighted by molar-refractivity contribution is 0.102. The van der Waals surface area contributed by atoms with E-state index in [-0.39, 0.29) is 23.3 Å². The van der Waals surface area contributed by atoms with Gasteiger partial charge in [0.05, 0.1) is 5.54 Å². The van der Waals surface area contributed by atoms with Gasteiger partial charge in [0, 0.05) is 27.7 Å². The summed E-state index contributed by atoms with van der Waals surface area (Å²) in [6.45, 7) is 0. The molecule has 3 N–H and O–H groups in total. The van der Waals surface area contributed by atoms with Gasteiger partial charge in [0.15, 0.2) is 5.17 Å². The van der Waals surface area contributed by atoms with Gasteiger partial charge in [-0.15, -0.1) is 0 Å². The predicted molar refractivity (Wildman–Crippen MR) is 109 cm³/mol. The summed E-state index contributed by atoms with van der Waals surface area (Å²) in [4.78, 5) is 21.2. The zero-order valence-corrected chi connectivity index (χ0v) is 16.8. The number of anilines is 1. The van der Waals surface area contributed by atoms with Crippen LogP contribution in [0.25, 0.3) is 0 Å². The lowest BCUT2D eigenvalue weighted by Crippen LogP contribution is -2.37. The number of nitrogens with two attached hydrogens (primary N) is 1. The minimum Gasteiger partial charge on any atom is -0.379 e. The van der Waals surface area contributed by atoms with E-state index >= 15 is 0 Å². The molecule has 0 bridgehead atoms. The summed E-state index contributed by atoms with van der Waals surface area (Å²) in [6, 6.07) is 8.01. The number of rotatable bonds is 3. The maximum Gasteiger partial charge on any atom is 0.274 e. The number of pyridine rings is 1.